The lowest BCUT2D eigenvalue weighted by Crippen LogP contribution is -2.60. The molecule has 1 aromatic carbocycles. The van der Waals surface area contributed by atoms with Crippen LogP contribution in [0, 0.1) is 5.92 Å². The number of carbonyl (C=O) groups excluding carboxylic acids is 2. The molecule has 1 spiro atoms. The molecule has 2 amide bonds. The van der Waals surface area contributed by atoms with Crippen molar-refractivity contribution in [1.82, 2.24) is 9.88 Å². The Bertz CT molecular complexity index is 841. The summed E-state index contributed by atoms with van der Waals surface area (Å²) in [5, 5.41) is 5.46. The highest BCUT2D eigenvalue weighted by atomic mass is 32.1. The fourth-order valence-corrected chi connectivity index (χ4v) is 5.29. The van der Waals surface area contributed by atoms with Crippen molar-refractivity contribution in [3.05, 3.63) is 47.0 Å². The normalized spacial score (nSPS) is 20.9. The molecule has 4 rings (SSSR count). The van der Waals surface area contributed by atoms with Crippen LogP contribution in [0.2, 0.25) is 0 Å². The number of amides is 2. The molecule has 6 heteroatoms. The molecule has 0 saturated heterocycles. The molecule has 5 nitrogen and oxygen atoms in total. The summed E-state index contributed by atoms with van der Waals surface area (Å²) in [6.07, 6.45) is 5.52. The van der Waals surface area contributed by atoms with E-state index in [1.165, 1.54) is 11.3 Å². The predicted octanol–water partition coefficient (Wildman–Crippen LogP) is 4.29. The molecule has 0 bridgehead atoms. The van der Waals surface area contributed by atoms with Gasteiger partial charge in [-0.1, -0.05) is 44.9 Å². The average molecular weight is 384 g/mol. The summed E-state index contributed by atoms with van der Waals surface area (Å²) in [6.45, 7) is 4.93. The zero-order valence-corrected chi connectivity index (χ0v) is 16.6. The molecule has 1 unspecified atom stereocenters. The highest BCUT2D eigenvalue weighted by Crippen LogP contribution is 2.50. The first-order chi connectivity index (χ1) is 13.0. The number of thiazole rings is 1. The summed E-state index contributed by atoms with van der Waals surface area (Å²) >= 11 is 1.42. The first-order valence-electron chi connectivity index (χ1n) is 9.64. The van der Waals surface area contributed by atoms with Crippen molar-refractivity contribution < 1.29 is 9.59 Å². The molecule has 2 aliphatic rings. The Hall–Kier alpha value is -2.21. The molecule has 1 fully saturated rings. The lowest BCUT2D eigenvalue weighted by molar-refractivity contribution is -0.121. The van der Waals surface area contributed by atoms with Gasteiger partial charge in [0.05, 0.1) is 11.5 Å². The molecule has 2 aromatic rings. The van der Waals surface area contributed by atoms with Gasteiger partial charge in [0.1, 0.15) is 0 Å². The molecule has 1 aliphatic carbocycles. The number of aromatic nitrogens is 1. The Morgan fingerprint density at radius 2 is 2.07 bits per heavy atom. The van der Waals surface area contributed by atoms with E-state index in [9.17, 15) is 9.59 Å². The molecule has 2 heterocycles. The van der Waals surface area contributed by atoms with Gasteiger partial charge < -0.3 is 10.2 Å². The standard InChI is InChI=1S/C21H25N3O2S/c1-14(2)13-24-19(26)16-8-4-3-7-15(16)17(21(24)9-5-6-10-21)18(25)23-20-22-11-12-27-20/h3-4,7-8,11-12,14,17H,5-6,9-10,13H2,1-2H3,(H,22,23,25). The van der Waals surface area contributed by atoms with Crippen LogP contribution in [0.4, 0.5) is 5.13 Å². The van der Waals surface area contributed by atoms with Gasteiger partial charge in [0.15, 0.2) is 5.13 Å². The molecular formula is C21H25N3O2S. The average Bonchev–Trinajstić information content (AvgIpc) is 3.32. The lowest BCUT2D eigenvalue weighted by atomic mass is 9.70. The van der Waals surface area contributed by atoms with Crippen LogP contribution >= 0.6 is 11.3 Å². The number of benzene rings is 1. The first-order valence-corrected chi connectivity index (χ1v) is 10.5. The Morgan fingerprint density at radius 1 is 1.33 bits per heavy atom. The maximum Gasteiger partial charge on any atom is 0.254 e. The van der Waals surface area contributed by atoms with Crippen molar-refractivity contribution in [3.8, 4) is 0 Å². The summed E-state index contributed by atoms with van der Waals surface area (Å²) in [6, 6.07) is 7.62. The highest BCUT2D eigenvalue weighted by Gasteiger charge is 2.55. The minimum Gasteiger partial charge on any atom is -0.332 e. The van der Waals surface area contributed by atoms with E-state index in [4.69, 9.17) is 0 Å². The van der Waals surface area contributed by atoms with Crippen LogP contribution in [0.25, 0.3) is 0 Å². The predicted molar refractivity (Wildman–Crippen MR) is 107 cm³/mol. The topological polar surface area (TPSA) is 62.3 Å². The zero-order chi connectivity index (χ0) is 19.0. The molecule has 1 aliphatic heterocycles. The Balaban J connectivity index is 1.83. The molecule has 142 valence electrons. The van der Waals surface area contributed by atoms with E-state index in [1.54, 1.807) is 6.20 Å². The summed E-state index contributed by atoms with van der Waals surface area (Å²) < 4.78 is 0. The van der Waals surface area contributed by atoms with Gasteiger partial charge in [-0.15, -0.1) is 11.3 Å². The van der Waals surface area contributed by atoms with Crippen LogP contribution in [-0.4, -0.2) is 33.8 Å². The second-order valence-corrected chi connectivity index (χ2v) is 8.86. The lowest BCUT2D eigenvalue weighted by Gasteiger charge is -2.50. The minimum atomic E-state index is -0.433. The Kier molecular flexibility index (Phi) is 4.76. The summed E-state index contributed by atoms with van der Waals surface area (Å²) in [5.74, 6) is -0.00374. The number of nitrogens with one attached hydrogen (secondary N) is 1. The van der Waals surface area contributed by atoms with Crippen LogP contribution < -0.4 is 5.32 Å². The monoisotopic (exact) mass is 383 g/mol. The van der Waals surface area contributed by atoms with Crippen molar-refractivity contribution in [2.75, 3.05) is 11.9 Å². The molecule has 27 heavy (non-hydrogen) atoms. The van der Waals surface area contributed by atoms with Crippen molar-refractivity contribution in [1.29, 1.82) is 0 Å². The van der Waals surface area contributed by atoms with Crippen LogP contribution in [0.1, 0.15) is 61.4 Å². The molecular weight excluding hydrogens is 358 g/mol. The fourth-order valence-electron chi connectivity index (χ4n) is 4.76. The van der Waals surface area contributed by atoms with Gasteiger partial charge in [0.2, 0.25) is 5.91 Å². The number of hydrogen-bond acceptors (Lipinski definition) is 4. The maximum atomic E-state index is 13.4. The van der Waals surface area contributed by atoms with Crippen LogP contribution in [0.3, 0.4) is 0 Å². The number of fused-ring (bicyclic) bond motifs is 1. The Morgan fingerprint density at radius 3 is 2.74 bits per heavy atom. The second kappa shape index (κ2) is 7.08. The van der Waals surface area contributed by atoms with Crippen molar-refractivity contribution >= 4 is 28.3 Å². The van der Waals surface area contributed by atoms with Gasteiger partial charge in [-0.05, 0) is 30.4 Å². The van der Waals surface area contributed by atoms with E-state index in [1.807, 2.05) is 34.5 Å². The van der Waals surface area contributed by atoms with Crippen molar-refractivity contribution in [3.63, 3.8) is 0 Å². The van der Waals surface area contributed by atoms with Crippen molar-refractivity contribution in [2.45, 2.75) is 51.0 Å². The molecule has 1 atom stereocenters. The Labute approximate surface area is 163 Å². The zero-order valence-electron chi connectivity index (χ0n) is 15.8. The largest absolute Gasteiger partial charge is 0.332 e. The number of rotatable bonds is 4. The van der Waals surface area contributed by atoms with Crippen LogP contribution in [-0.2, 0) is 4.79 Å². The number of carbonyl (C=O) groups is 2. The van der Waals surface area contributed by atoms with Gasteiger partial charge >= 0.3 is 0 Å². The first kappa shape index (κ1) is 18.2. The second-order valence-electron chi connectivity index (χ2n) is 7.97. The van der Waals surface area contributed by atoms with E-state index in [-0.39, 0.29) is 17.7 Å². The minimum absolute atomic E-state index is 0.0550. The maximum absolute atomic E-state index is 13.4. The van der Waals surface area contributed by atoms with Gasteiger partial charge in [-0.25, -0.2) is 4.98 Å². The van der Waals surface area contributed by atoms with Gasteiger partial charge in [0.25, 0.3) is 5.91 Å². The highest BCUT2D eigenvalue weighted by molar-refractivity contribution is 7.13. The van der Waals surface area contributed by atoms with E-state index in [2.05, 4.69) is 24.1 Å². The third kappa shape index (κ3) is 3.06. The van der Waals surface area contributed by atoms with E-state index >= 15 is 0 Å². The number of anilines is 1. The molecule has 1 saturated carbocycles. The van der Waals surface area contributed by atoms with E-state index in [0.717, 1.165) is 31.2 Å². The fraction of sp³-hybridized carbons (Fsp3) is 0.476. The van der Waals surface area contributed by atoms with Gasteiger partial charge in [-0.3, -0.25) is 9.59 Å². The van der Waals surface area contributed by atoms with E-state index in [0.29, 0.717) is 23.2 Å². The summed E-state index contributed by atoms with van der Waals surface area (Å²) in [4.78, 5) is 33.1. The van der Waals surface area contributed by atoms with Crippen LogP contribution in [0.5, 0.6) is 0 Å². The van der Waals surface area contributed by atoms with E-state index < -0.39 is 5.54 Å². The summed E-state index contributed by atoms with van der Waals surface area (Å²) in [5.41, 5.74) is 1.09. The SMILES string of the molecule is CC(C)CN1C(=O)c2ccccc2C(C(=O)Nc2nccs2)C12CCCC2. The molecule has 0 radical (unpaired) electrons. The third-order valence-electron chi connectivity index (χ3n) is 5.76. The molecule has 1 aromatic heterocycles. The number of hydrogen-bond donors (Lipinski definition) is 1. The quantitative estimate of drug-likeness (QED) is 0.857. The smallest absolute Gasteiger partial charge is 0.254 e. The van der Waals surface area contributed by atoms with Gasteiger partial charge in [-0.2, -0.15) is 0 Å². The van der Waals surface area contributed by atoms with Crippen LogP contribution in [0.15, 0.2) is 35.8 Å². The third-order valence-corrected chi connectivity index (χ3v) is 6.45. The number of nitrogens with zero attached hydrogens (tertiary/aromatic N) is 2. The van der Waals surface area contributed by atoms with Crippen molar-refractivity contribution in [2.24, 2.45) is 5.92 Å². The summed E-state index contributed by atoms with van der Waals surface area (Å²) in [7, 11) is 0. The van der Waals surface area contributed by atoms with Gasteiger partial charge in [0, 0.05) is 23.7 Å². The molecule has 1 N–H and O–H groups in total.